The summed E-state index contributed by atoms with van der Waals surface area (Å²) in [6.07, 6.45) is 15.0. The highest BCUT2D eigenvalue weighted by Gasteiger charge is 2.34. The first kappa shape index (κ1) is 19.5. The maximum absolute atomic E-state index is 13.4. The Labute approximate surface area is 178 Å². The molecule has 7 heteroatoms. The third-order valence-electron chi connectivity index (χ3n) is 7.10. The number of hydrogen-bond acceptors (Lipinski definition) is 5. The van der Waals surface area contributed by atoms with Gasteiger partial charge in [0.2, 0.25) is 0 Å². The Morgan fingerprint density at radius 2 is 2.00 bits per heavy atom. The minimum absolute atomic E-state index is 0.0654. The van der Waals surface area contributed by atoms with Crippen molar-refractivity contribution in [2.75, 3.05) is 25.4 Å². The van der Waals surface area contributed by atoms with Crippen molar-refractivity contribution in [3.63, 3.8) is 0 Å². The van der Waals surface area contributed by atoms with E-state index in [1.165, 1.54) is 32.1 Å². The van der Waals surface area contributed by atoms with Gasteiger partial charge in [0.05, 0.1) is 11.8 Å². The Morgan fingerprint density at radius 1 is 1.13 bits per heavy atom. The molecule has 3 aliphatic rings. The number of piperidine rings is 1. The number of carbonyl (C=O) groups is 1. The lowest BCUT2D eigenvalue weighted by Crippen LogP contribution is -2.46. The van der Waals surface area contributed by atoms with E-state index < -0.39 is 0 Å². The molecule has 1 saturated carbocycles. The quantitative estimate of drug-likeness (QED) is 0.812. The fraction of sp³-hybridized carbons (Fsp3) is 0.609. The number of pyridine rings is 1. The summed E-state index contributed by atoms with van der Waals surface area (Å²) >= 11 is 0. The summed E-state index contributed by atoms with van der Waals surface area (Å²) in [7, 11) is 0. The standard InChI is InChI=1S/C23H32N6O/c24-22-21-19(8-10-29(23(21)30)18-6-2-1-3-7-18)20(13-26-22)17-12-27-28(15-17)14-16-5-4-9-25-11-16/h12-13,15-16,18,25H,1-11,14H2,(H2,24,26). The molecular formula is C23H32N6O. The fourth-order valence-corrected chi connectivity index (χ4v) is 5.48. The van der Waals surface area contributed by atoms with Crippen LogP contribution in [0.25, 0.3) is 11.1 Å². The van der Waals surface area contributed by atoms with Crippen molar-refractivity contribution in [1.29, 1.82) is 0 Å². The maximum atomic E-state index is 13.4. The third kappa shape index (κ3) is 3.71. The minimum atomic E-state index is 0.0654. The number of aromatic nitrogens is 3. The molecule has 1 aliphatic carbocycles. The molecule has 0 aromatic carbocycles. The van der Waals surface area contributed by atoms with E-state index in [4.69, 9.17) is 5.73 Å². The molecule has 0 bridgehead atoms. The number of nitrogens with one attached hydrogen (secondary N) is 1. The number of anilines is 1. The monoisotopic (exact) mass is 408 g/mol. The number of rotatable bonds is 4. The van der Waals surface area contributed by atoms with Gasteiger partial charge < -0.3 is 16.0 Å². The SMILES string of the molecule is Nc1ncc(-c2cnn(CC3CCCNC3)c2)c2c1C(=O)N(C1CCCCC1)CC2. The molecule has 5 rings (SSSR count). The fourth-order valence-electron chi connectivity index (χ4n) is 5.48. The van der Waals surface area contributed by atoms with Crippen molar-refractivity contribution in [1.82, 2.24) is 25.0 Å². The lowest BCUT2D eigenvalue weighted by atomic mass is 9.89. The van der Waals surface area contributed by atoms with Crippen LogP contribution in [0.5, 0.6) is 0 Å². The van der Waals surface area contributed by atoms with Crippen molar-refractivity contribution < 1.29 is 4.79 Å². The summed E-state index contributed by atoms with van der Waals surface area (Å²) in [5.74, 6) is 1.05. The van der Waals surface area contributed by atoms with Crippen molar-refractivity contribution in [3.8, 4) is 11.1 Å². The molecule has 1 saturated heterocycles. The second-order valence-electron chi connectivity index (χ2n) is 9.11. The van der Waals surface area contributed by atoms with Crippen molar-refractivity contribution >= 4 is 11.7 Å². The summed E-state index contributed by atoms with van der Waals surface area (Å²) in [6, 6.07) is 0.356. The molecule has 0 radical (unpaired) electrons. The van der Waals surface area contributed by atoms with E-state index >= 15 is 0 Å². The lowest BCUT2D eigenvalue weighted by Gasteiger charge is -2.38. The number of nitrogen functional groups attached to an aromatic ring is 1. The maximum Gasteiger partial charge on any atom is 0.258 e. The van der Waals surface area contributed by atoms with Gasteiger partial charge in [0.1, 0.15) is 5.82 Å². The van der Waals surface area contributed by atoms with E-state index in [9.17, 15) is 4.79 Å². The van der Waals surface area contributed by atoms with Crippen LogP contribution in [0.1, 0.15) is 60.9 Å². The first-order chi connectivity index (χ1) is 14.7. The van der Waals surface area contributed by atoms with Crippen LogP contribution in [-0.2, 0) is 13.0 Å². The molecule has 2 fully saturated rings. The van der Waals surface area contributed by atoms with Gasteiger partial charge in [-0.1, -0.05) is 19.3 Å². The van der Waals surface area contributed by atoms with Crippen LogP contribution in [-0.4, -0.2) is 51.2 Å². The van der Waals surface area contributed by atoms with Gasteiger partial charge >= 0.3 is 0 Å². The van der Waals surface area contributed by atoms with E-state index in [2.05, 4.69) is 26.5 Å². The van der Waals surface area contributed by atoms with Crippen LogP contribution in [0, 0.1) is 5.92 Å². The largest absolute Gasteiger partial charge is 0.383 e. The van der Waals surface area contributed by atoms with Crippen molar-refractivity contribution in [3.05, 3.63) is 29.7 Å². The molecule has 30 heavy (non-hydrogen) atoms. The Bertz CT molecular complexity index is 910. The summed E-state index contributed by atoms with van der Waals surface area (Å²) in [5, 5.41) is 8.07. The first-order valence-corrected chi connectivity index (χ1v) is 11.5. The van der Waals surface area contributed by atoms with Gasteiger partial charge in [0.25, 0.3) is 5.91 Å². The van der Waals surface area contributed by atoms with Gasteiger partial charge in [-0.2, -0.15) is 5.10 Å². The highest BCUT2D eigenvalue weighted by Crippen LogP contribution is 2.35. The molecule has 1 unspecified atom stereocenters. The molecule has 1 atom stereocenters. The molecule has 2 aliphatic heterocycles. The van der Waals surface area contributed by atoms with Gasteiger partial charge in [-0.3, -0.25) is 9.48 Å². The topological polar surface area (TPSA) is 89.1 Å². The molecule has 2 aromatic rings. The van der Waals surface area contributed by atoms with E-state index in [0.29, 0.717) is 23.3 Å². The zero-order valence-corrected chi connectivity index (χ0v) is 17.6. The van der Waals surface area contributed by atoms with Gasteiger partial charge in [-0.15, -0.1) is 0 Å². The van der Waals surface area contributed by atoms with E-state index in [-0.39, 0.29) is 5.91 Å². The van der Waals surface area contributed by atoms with E-state index in [0.717, 1.165) is 62.1 Å². The average molecular weight is 409 g/mol. The molecule has 160 valence electrons. The van der Waals surface area contributed by atoms with Crippen LogP contribution in [0.3, 0.4) is 0 Å². The molecule has 3 N–H and O–H groups in total. The van der Waals surface area contributed by atoms with Crippen LogP contribution < -0.4 is 11.1 Å². The van der Waals surface area contributed by atoms with Crippen molar-refractivity contribution in [2.45, 2.75) is 64.0 Å². The number of nitrogens with two attached hydrogens (primary N) is 1. The lowest BCUT2D eigenvalue weighted by molar-refractivity contribution is 0.0616. The van der Waals surface area contributed by atoms with Crippen LogP contribution in [0.15, 0.2) is 18.6 Å². The van der Waals surface area contributed by atoms with E-state index in [1.54, 1.807) is 0 Å². The molecule has 7 nitrogen and oxygen atoms in total. The predicted molar refractivity (Wildman–Crippen MR) is 117 cm³/mol. The summed E-state index contributed by atoms with van der Waals surface area (Å²) < 4.78 is 2.04. The van der Waals surface area contributed by atoms with Crippen LogP contribution in [0.4, 0.5) is 5.82 Å². The second-order valence-corrected chi connectivity index (χ2v) is 9.11. The summed E-state index contributed by atoms with van der Waals surface area (Å²) in [4.78, 5) is 19.8. The number of nitrogens with zero attached hydrogens (tertiary/aromatic N) is 4. The summed E-state index contributed by atoms with van der Waals surface area (Å²) in [6.45, 7) is 3.87. The zero-order chi connectivity index (χ0) is 20.5. The third-order valence-corrected chi connectivity index (χ3v) is 7.10. The smallest absolute Gasteiger partial charge is 0.258 e. The first-order valence-electron chi connectivity index (χ1n) is 11.5. The van der Waals surface area contributed by atoms with Crippen LogP contribution in [0.2, 0.25) is 0 Å². The minimum Gasteiger partial charge on any atom is -0.383 e. The van der Waals surface area contributed by atoms with Crippen molar-refractivity contribution in [2.24, 2.45) is 5.92 Å². The Morgan fingerprint density at radius 3 is 2.80 bits per heavy atom. The second kappa shape index (κ2) is 8.38. The predicted octanol–water partition coefficient (Wildman–Crippen LogP) is 2.86. The highest BCUT2D eigenvalue weighted by atomic mass is 16.2. The molecule has 1 amide bonds. The number of hydrogen-bond donors (Lipinski definition) is 2. The number of fused-ring (bicyclic) bond motifs is 1. The van der Waals surface area contributed by atoms with Gasteiger partial charge in [0, 0.05) is 42.7 Å². The number of amides is 1. The molecular weight excluding hydrogens is 376 g/mol. The average Bonchev–Trinajstić information content (AvgIpc) is 3.23. The molecule has 2 aromatic heterocycles. The van der Waals surface area contributed by atoms with Gasteiger partial charge in [-0.05, 0) is 56.7 Å². The Kier molecular flexibility index (Phi) is 5.46. The van der Waals surface area contributed by atoms with E-state index in [1.807, 2.05) is 17.1 Å². The normalized spacial score (nSPS) is 22.9. The molecule has 4 heterocycles. The molecule has 0 spiro atoms. The number of carbonyl (C=O) groups excluding carboxylic acids is 1. The Balaban J connectivity index is 1.40. The zero-order valence-electron chi connectivity index (χ0n) is 17.6. The highest BCUT2D eigenvalue weighted by molar-refractivity contribution is 6.02. The Hall–Kier alpha value is -2.41. The van der Waals surface area contributed by atoms with Crippen LogP contribution >= 0.6 is 0 Å². The van der Waals surface area contributed by atoms with Gasteiger partial charge in [-0.25, -0.2) is 4.98 Å². The van der Waals surface area contributed by atoms with Gasteiger partial charge in [0.15, 0.2) is 0 Å². The summed E-state index contributed by atoms with van der Waals surface area (Å²) in [5.41, 5.74) is 9.90.